The Morgan fingerprint density at radius 3 is 2.68 bits per heavy atom. The number of hydrogen-bond acceptors (Lipinski definition) is 3. The first-order valence-electron chi connectivity index (χ1n) is 7.05. The Morgan fingerprint density at radius 1 is 1.26 bits per heavy atom. The van der Waals surface area contributed by atoms with Crippen molar-refractivity contribution in [1.29, 1.82) is 0 Å². The number of hydrogen-bond donors (Lipinski definition) is 1. The summed E-state index contributed by atoms with van der Waals surface area (Å²) in [7, 11) is 2.19. The van der Waals surface area contributed by atoms with Crippen molar-refractivity contribution >= 4 is 11.6 Å². The molecule has 1 fully saturated rings. The third-order valence-corrected chi connectivity index (χ3v) is 4.06. The molecule has 106 valence electrons. The second kappa shape index (κ2) is 7.25. The van der Waals surface area contributed by atoms with Crippen LogP contribution in [0.5, 0.6) is 0 Å². The molecule has 0 bridgehead atoms. The molecule has 1 N–H and O–H groups in total. The number of nitrogens with zero attached hydrogens (tertiary/aromatic N) is 2. The quantitative estimate of drug-likeness (QED) is 0.893. The van der Waals surface area contributed by atoms with Crippen LogP contribution in [0, 0.1) is 0 Å². The van der Waals surface area contributed by atoms with Gasteiger partial charge in [0.1, 0.15) is 0 Å². The Kier molecular flexibility index (Phi) is 5.64. The molecule has 19 heavy (non-hydrogen) atoms. The van der Waals surface area contributed by atoms with Gasteiger partial charge in [-0.05, 0) is 31.7 Å². The highest BCUT2D eigenvalue weighted by Gasteiger charge is 2.13. The summed E-state index contributed by atoms with van der Waals surface area (Å²) in [5.74, 6) is 0. The van der Waals surface area contributed by atoms with Gasteiger partial charge in [0.2, 0.25) is 0 Å². The van der Waals surface area contributed by atoms with Gasteiger partial charge < -0.3 is 10.2 Å². The van der Waals surface area contributed by atoms with Gasteiger partial charge in [-0.2, -0.15) is 0 Å². The molecule has 0 radical (unpaired) electrons. The molecule has 0 amide bonds. The predicted molar refractivity (Wildman–Crippen MR) is 81.8 cm³/mol. The van der Waals surface area contributed by atoms with Crippen LogP contribution in [0.15, 0.2) is 24.3 Å². The van der Waals surface area contributed by atoms with Crippen LogP contribution in [0.25, 0.3) is 0 Å². The Hall–Kier alpha value is -0.610. The zero-order valence-corrected chi connectivity index (χ0v) is 12.7. The van der Waals surface area contributed by atoms with E-state index in [2.05, 4.69) is 35.2 Å². The maximum absolute atomic E-state index is 6.02. The fourth-order valence-electron chi connectivity index (χ4n) is 2.40. The monoisotopic (exact) mass is 281 g/mol. The Labute approximate surface area is 121 Å². The third kappa shape index (κ3) is 4.77. The summed E-state index contributed by atoms with van der Waals surface area (Å²) in [4.78, 5) is 4.91. The van der Waals surface area contributed by atoms with E-state index in [0.717, 1.165) is 18.1 Å². The van der Waals surface area contributed by atoms with E-state index in [1.807, 2.05) is 18.2 Å². The molecule has 0 aliphatic carbocycles. The van der Waals surface area contributed by atoms with Crippen LogP contribution in [0.1, 0.15) is 18.5 Å². The Bertz CT molecular complexity index is 389. The zero-order chi connectivity index (χ0) is 13.7. The van der Waals surface area contributed by atoms with Crippen molar-refractivity contribution in [3.8, 4) is 0 Å². The molecule has 1 aromatic rings. The number of rotatable bonds is 5. The van der Waals surface area contributed by atoms with Crippen molar-refractivity contribution in [3.63, 3.8) is 0 Å². The SMILES string of the molecule is C[C@@H](NCCN1CCN(C)CC1)c1cccc(Cl)c1. The number of halogens is 1. The predicted octanol–water partition coefficient (Wildman–Crippen LogP) is 2.24. The van der Waals surface area contributed by atoms with Gasteiger partial charge in [0, 0.05) is 50.3 Å². The average molecular weight is 282 g/mol. The summed E-state index contributed by atoms with van der Waals surface area (Å²) in [6.45, 7) is 9.08. The van der Waals surface area contributed by atoms with Crippen LogP contribution in [-0.4, -0.2) is 56.1 Å². The summed E-state index contributed by atoms with van der Waals surface area (Å²) >= 11 is 6.02. The van der Waals surface area contributed by atoms with E-state index in [1.54, 1.807) is 0 Å². The maximum Gasteiger partial charge on any atom is 0.0409 e. The van der Waals surface area contributed by atoms with Gasteiger partial charge in [0.25, 0.3) is 0 Å². The molecule has 0 unspecified atom stereocenters. The molecule has 4 heteroatoms. The Morgan fingerprint density at radius 2 is 2.00 bits per heavy atom. The van der Waals surface area contributed by atoms with Gasteiger partial charge in [0.05, 0.1) is 0 Å². The lowest BCUT2D eigenvalue weighted by atomic mass is 10.1. The molecule has 3 nitrogen and oxygen atoms in total. The largest absolute Gasteiger partial charge is 0.309 e. The fourth-order valence-corrected chi connectivity index (χ4v) is 2.60. The van der Waals surface area contributed by atoms with Gasteiger partial charge in [-0.3, -0.25) is 4.90 Å². The van der Waals surface area contributed by atoms with E-state index < -0.39 is 0 Å². The first kappa shape index (κ1) is 14.8. The van der Waals surface area contributed by atoms with E-state index in [0.29, 0.717) is 6.04 Å². The van der Waals surface area contributed by atoms with E-state index in [4.69, 9.17) is 11.6 Å². The lowest BCUT2D eigenvalue weighted by Gasteiger charge is -2.32. The number of nitrogens with one attached hydrogen (secondary N) is 1. The standard InChI is InChI=1S/C15H24ClN3/c1-13(14-4-3-5-15(16)12-14)17-6-7-19-10-8-18(2)9-11-19/h3-5,12-13,17H,6-11H2,1-2H3/t13-/m1/s1. The van der Waals surface area contributed by atoms with E-state index in [9.17, 15) is 0 Å². The highest BCUT2D eigenvalue weighted by Crippen LogP contribution is 2.17. The van der Waals surface area contributed by atoms with Crippen molar-refractivity contribution in [2.75, 3.05) is 46.3 Å². The second-order valence-electron chi connectivity index (χ2n) is 5.38. The van der Waals surface area contributed by atoms with E-state index >= 15 is 0 Å². The molecule has 0 aromatic heterocycles. The number of benzene rings is 1. The zero-order valence-electron chi connectivity index (χ0n) is 11.9. The van der Waals surface area contributed by atoms with Crippen LogP contribution < -0.4 is 5.32 Å². The van der Waals surface area contributed by atoms with Crippen molar-refractivity contribution in [2.45, 2.75) is 13.0 Å². The van der Waals surface area contributed by atoms with Crippen LogP contribution in [0.4, 0.5) is 0 Å². The van der Waals surface area contributed by atoms with Crippen molar-refractivity contribution < 1.29 is 0 Å². The summed E-state index contributed by atoms with van der Waals surface area (Å²) in [5, 5.41) is 4.38. The van der Waals surface area contributed by atoms with Gasteiger partial charge in [0.15, 0.2) is 0 Å². The summed E-state index contributed by atoms with van der Waals surface area (Å²) in [6, 6.07) is 8.44. The minimum absolute atomic E-state index is 0.353. The molecular formula is C15H24ClN3. The lowest BCUT2D eigenvalue weighted by molar-refractivity contribution is 0.154. The van der Waals surface area contributed by atoms with Gasteiger partial charge >= 0.3 is 0 Å². The second-order valence-corrected chi connectivity index (χ2v) is 5.81. The van der Waals surface area contributed by atoms with Crippen molar-refractivity contribution in [2.24, 2.45) is 0 Å². The smallest absolute Gasteiger partial charge is 0.0409 e. The molecule has 1 aliphatic heterocycles. The molecule has 1 atom stereocenters. The first-order chi connectivity index (χ1) is 9.15. The lowest BCUT2D eigenvalue weighted by Crippen LogP contribution is -2.46. The molecule has 1 aromatic carbocycles. The average Bonchev–Trinajstić information content (AvgIpc) is 2.41. The number of piperazine rings is 1. The van der Waals surface area contributed by atoms with E-state index in [-0.39, 0.29) is 0 Å². The van der Waals surface area contributed by atoms with Crippen LogP contribution in [0.3, 0.4) is 0 Å². The molecule has 0 spiro atoms. The summed E-state index contributed by atoms with van der Waals surface area (Å²) in [5.41, 5.74) is 1.26. The van der Waals surface area contributed by atoms with Crippen molar-refractivity contribution in [3.05, 3.63) is 34.9 Å². The molecule has 0 saturated carbocycles. The van der Waals surface area contributed by atoms with Crippen LogP contribution in [-0.2, 0) is 0 Å². The van der Waals surface area contributed by atoms with Gasteiger partial charge in [-0.1, -0.05) is 23.7 Å². The minimum Gasteiger partial charge on any atom is -0.309 e. The minimum atomic E-state index is 0.353. The molecule has 2 rings (SSSR count). The van der Waals surface area contributed by atoms with Crippen LogP contribution in [0.2, 0.25) is 5.02 Å². The highest BCUT2D eigenvalue weighted by atomic mass is 35.5. The molecule has 1 aliphatic rings. The van der Waals surface area contributed by atoms with Gasteiger partial charge in [-0.15, -0.1) is 0 Å². The van der Waals surface area contributed by atoms with Crippen molar-refractivity contribution in [1.82, 2.24) is 15.1 Å². The summed E-state index contributed by atoms with van der Waals surface area (Å²) < 4.78 is 0. The third-order valence-electron chi connectivity index (χ3n) is 3.82. The number of likely N-dealkylation sites (N-methyl/N-ethyl adjacent to an activating group) is 1. The summed E-state index contributed by atoms with van der Waals surface area (Å²) in [6.07, 6.45) is 0. The highest BCUT2D eigenvalue weighted by molar-refractivity contribution is 6.30. The Balaban J connectivity index is 1.70. The van der Waals surface area contributed by atoms with Gasteiger partial charge in [-0.25, -0.2) is 0 Å². The molecular weight excluding hydrogens is 258 g/mol. The first-order valence-corrected chi connectivity index (χ1v) is 7.42. The fraction of sp³-hybridized carbons (Fsp3) is 0.600. The normalized spacial score (nSPS) is 19.5. The topological polar surface area (TPSA) is 18.5 Å². The maximum atomic E-state index is 6.02. The van der Waals surface area contributed by atoms with E-state index in [1.165, 1.54) is 31.7 Å². The van der Waals surface area contributed by atoms with Crippen LogP contribution >= 0.6 is 11.6 Å². The molecule has 1 heterocycles. The molecule has 1 saturated heterocycles.